The van der Waals surface area contributed by atoms with Gasteiger partial charge in [0.1, 0.15) is 5.82 Å². The lowest BCUT2D eigenvalue weighted by molar-refractivity contribution is 0.604. The zero-order valence-electron chi connectivity index (χ0n) is 8.71. The molecule has 1 saturated heterocycles. The van der Waals surface area contributed by atoms with Gasteiger partial charge in [-0.05, 0) is 31.0 Å². The van der Waals surface area contributed by atoms with Crippen LogP contribution in [0.4, 0.5) is 10.1 Å². The van der Waals surface area contributed by atoms with Crippen LogP contribution in [0.15, 0.2) is 22.7 Å². The lowest BCUT2D eigenvalue weighted by Gasteiger charge is -2.23. The van der Waals surface area contributed by atoms with E-state index in [-0.39, 0.29) is 11.9 Å². The van der Waals surface area contributed by atoms with Crippen LogP contribution in [0.5, 0.6) is 0 Å². The molecule has 0 unspecified atom stereocenters. The zero-order chi connectivity index (χ0) is 11.5. The van der Waals surface area contributed by atoms with Crippen molar-refractivity contribution in [2.24, 2.45) is 0 Å². The van der Waals surface area contributed by atoms with Gasteiger partial charge >= 0.3 is 0 Å². The first-order chi connectivity index (χ1) is 7.65. The molecule has 0 spiro atoms. The van der Waals surface area contributed by atoms with E-state index in [1.54, 1.807) is 6.07 Å². The highest BCUT2D eigenvalue weighted by atomic mass is 79.9. The number of benzene rings is 1. The molecule has 1 aromatic carbocycles. The van der Waals surface area contributed by atoms with Crippen molar-refractivity contribution in [3.05, 3.63) is 28.5 Å². The normalized spacial score (nSPS) is 25.4. The second-order valence-electron chi connectivity index (χ2n) is 3.89. The Bertz CT molecular complexity index is 403. The smallest absolute Gasteiger partial charge is 0.147 e. The van der Waals surface area contributed by atoms with Gasteiger partial charge in [-0.25, -0.2) is 4.39 Å². The summed E-state index contributed by atoms with van der Waals surface area (Å²) in [5.74, 6) is 1.19. The Morgan fingerprint density at radius 3 is 2.69 bits per heavy atom. The van der Waals surface area contributed by atoms with E-state index in [1.807, 2.05) is 6.07 Å². The second-order valence-corrected chi connectivity index (χ2v) is 6.50. The highest BCUT2D eigenvalue weighted by Gasteiger charge is 2.18. The van der Waals surface area contributed by atoms with E-state index >= 15 is 0 Å². The Morgan fingerprint density at radius 1 is 1.38 bits per heavy atom. The maximum absolute atomic E-state index is 13.5. The molecule has 1 N–H and O–H groups in total. The summed E-state index contributed by atoms with van der Waals surface area (Å²) < 4.78 is 25.4. The minimum atomic E-state index is -0.669. The number of hydrogen-bond acceptors (Lipinski definition) is 2. The predicted molar refractivity (Wildman–Crippen MR) is 68.6 cm³/mol. The lowest BCUT2D eigenvalue weighted by Crippen LogP contribution is -2.29. The summed E-state index contributed by atoms with van der Waals surface area (Å²) in [4.78, 5) is 0. The van der Waals surface area contributed by atoms with Crippen LogP contribution in [0, 0.1) is 5.82 Å². The van der Waals surface area contributed by atoms with Crippen molar-refractivity contribution >= 4 is 32.4 Å². The van der Waals surface area contributed by atoms with Gasteiger partial charge in [0.15, 0.2) is 0 Å². The summed E-state index contributed by atoms with van der Waals surface area (Å²) in [6.45, 7) is 0. The average molecular weight is 306 g/mol. The van der Waals surface area contributed by atoms with Gasteiger partial charge in [-0.3, -0.25) is 4.21 Å². The van der Waals surface area contributed by atoms with Crippen LogP contribution in [-0.2, 0) is 10.8 Å². The Morgan fingerprint density at radius 2 is 2.06 bits per heavy atom. The fraction of sp³-hybridized carbons (Fsp3) is 0.455. The molecule has 0 aliphatic carbocycles. The molecule has 5 heteroatoms. The van der Waals surface area contributed by atoms with Crippen LogP contribution in [0.2, 0.25) is 0 Å². The van der Waals surface area contributed by atoms with Crippen LogP contribution in [0.25, 0.3) is 0 Å². The molecule has 1 heterocycles. The molecule has 1 aliphatic heterocycles. The lowest BCUT2D eigenvalue weighted by atomic mass is 10.1. The van der Waals surface area contributed by atoms with E-state index in [4.69, 9.17) is 0 Å². The molecule has 2 rings (SSSR count). The quantitative estimate of drug-likeness (QED) is 0.910. The Labute approximate surface area is 105 Å². The third-order valence-electron chi connectivity index (χ3n) is 2.68. The highest BCUT2D eigenvalue weighted by Crippen LogP contribution is 2.22. The topological polar surface area (TPSA) is 29.1 Å². The molecule has 0 aromatic heterocycles. The van der Waals surface area contributed by atoms with Gasteiger partial charge in [0.05, 0.1) is 5.69 Å². The van der Waals surface area contributed by atoms with E-state index in [0.29, 0.717) is 5.69 Å². The van der Waals surface area contributed by atoms with Crippen LogP contribution in [0.1, 0.15) is 12.8 Å². The molecule has 1 aromatic rings. The van der Waals surface area contributed by atoms with Gasteiger partial charge in [-0.2, -0.15) is 0 Å². The second kappa shape index (κ2) is 5.27. The molecule has 0 saturated carbocycles. The minimum absolute atomic E-state index is 0.244. The molecule has 16 heavy (non-hydrogen) atoms. The van der Waals surface area contributed by atoms with E-state index in [9.17, 15) is 8.60 Å². The fourth-order valence-corrected chi connectivity index (χ4v) is 3.40. The predicted octanol–water partition coefficient (Wildman–Crippen LogP) is 2.91. The molecule has 1 aliphatic rings. The number of hydrogen-bond donors (Lipinski definition) is 1. The van der Waals surface area contributed by atoms with Crippen molar-refractivity contribution in [2.45, 2.75) is 18.9 Å². The first kappa shape index (κ1) is 12.0. The van der Waals surface area contributed by atoms with Gasteiger partial charge in [-0.1, -0.05) is 15.9 Å². The van der Waals surface area contributed by atoms with Crippen molar-refractivity contribution in [1.82, 2.24) is 0 Å². The average Bonchev–Trinajstić information content (AvgIpc) is 2.25. The molecule has 2 nitrogen and oxygen atoms in total. The number of halogens is 2. The fourth-order valence-electron chi connectivity index (χ4n) is 1.76. The van der Waals surface area contributed by atoms with Crippen LogP contribution >= 0.6 is 15.9 Å². The summed E-state index contributed by atoms with van der Waals surface area (Å²) in [5.41, 5.74) is 0.529. The molecule has 0 radical (unpaired) electrons. The van der Waals surface area contributed by atoms with Gasteiger partial charge in [-0.15, -0.1) is 0 Å². The first-order valence-electron chi connectivity index (χ1n) is 5.22. The van der Waals surface area contributed by atoms with Crippen molar-refractivity contribution in [3.8, 4) is 0 Å². The Balaban J connectivity index is 2.01. The maximum Gasteiger partial charge on any atom is 0.147 e. The van der Waals surface area contributed by atoms with Crippen molar-refractivity contribution in [3.63, 3.8) is 0 Å². The standard InChI is InChI=1S/C11H13BrFNOS/c12-8-1-2-11(10(13)7-8)14-9-3-5-16(15)6-4-9/h1-2,7,9,14H,3-6H2. The molecule has 88 valence electrons. The third kappa shape index (κ3) is 3.04. The largest absolute Gasteiger partial charge is 0.380 e. The van der Waals surface area contributed by atoms with Gasteiger partial charge < -0.3 is 5.32 Å². The van der Waals surface area contributed by atoms with Crippen LogP contribution < -0.4 is 5.32 Å². The summed E-state index contributed by atoms with van der Waals surface area (Å²) >= 11 is 3.22. The van der Waals surface area contributed by atoms with E-state index in [0.717, 1.165) is 28.8 Å². The molecule has 0 atom stereocenters. The summed E-state index contributed by atoms with van der Waals surface area (Å²) in [6, 6.07) is 5.23. The summed E-state index contributed by atoms with van der Waals surface area (Å²) in [5, 5.41) is 3.17. The summed E-state index contributed by atoms with van der Waals surface area (Å²) in [6.07, 6.45) is 1.70. The van der Waals surface area contributed by atoms with E-state index < -0.39 is 10.8 Å². The van der Waals surface area contributed by atoms with Crippen LogP contribution in [-0.4, -0.2) is 21.8 Å². The molecule has 0 bridgehead atoms. The van der Waals surface area contributed by atoms with Crippen LogP contribution in [0.3, 0.4) is 0 Å². The maximum atomic E-state index is 13.5. The van der Waals surface area contributed by atoms with Gasteiger partial charge in [0.25, 0.3) is 0 Å². The Hall–Kier alpha value is -0.420. The zero-order valence-corrected chi connectivity index (χ0v) is 11.1. The highest BCUT2D eigenvalue weighted by molar-refractivity contribution is 9.10. The monoisotopic (exact) mass is 305 g/mol. The molecular formula is C11H13BrFNOS. The SMILES string of the molecule is O=S1CCC(Nc2ccc(Br)cc2F)CC1. The van der Waals surface area contributed by atoms with E-state index in [1.165, 1.54) is 6.07 Å². The van der Waals surface area contributed by atoms with Crippen molar-refractivity contribution in [1.29, 1.82) is 0 Å². The first-order valence-corrected chi connectivity index (χ1v) is 7.50. The third-order valence-corrected chi connectivity index (χ3v) is 4.55. The van der Waals surface area contributed by atoms with Crippen molar-refractivity contribution < 1.29 is 8.60 Å². The summed E-state index contributed by atoms with van der Waals surface area (Å²) in [7, 11) is -0.669. The Kier molecular flexibility index (Phi) is 3.97. The number of rotatable bonds is 2. The van der Waals surface area contributed by atoms with Gasteiger partial charge in [0, 0.05) is 32.8 Å². The molecular weight excluding hydrogens is 293 g/mol. The number of anilines is 1. The number of nitrogens with one attached hydrogen (secondary N) is 1. The van der Waals surface area contributed by atoms with Gasteiger partial charge in [0.2, 0.25) is 0 Å². The molecule has 0 amide bonds. The van der Waals surface area contributed by atoms with E-state index in [2.05, 4.69) is 21.2 Å². The minimum Gasteiger partial charge on any atom is -0.380 e. The van der Waals surface area contributed by atoms with Crippen molar-refractivity contribution in [2.75, 3.05) is 16.8 Å². The molecule has 1 fully saturated rings.